The molecule has 1 aliphatic heterocycles. The molecule has 90 valence electrons. The van der Waals surface area contributed by atoms with Crippen molar-refractivity contribution in [1.82, 2.24) is 10.3 Å². The number of aromatic nitrogens is 1. The van der Waals surface area contributed by atoms with Gasteiger partial charge < -0.3 is 10.6 Å². The molecule has 0 saturated carbocycles. The average molecular weight is 234 g/mol. The highest BCUT2D eigenvalue weighted by Gasteiger charge is 2.41. The van der Waals surface area contributed by atoms with Crippen LogP contribution in [-0.2, 0) is 9.59 Å². The molecule has 1 aliphatic rings. The van der Waals surface area contributed by atoms with Gasteiger partial charge in [0.25, 0.3) is 5.91 Å². The summed E-state index contributed by atoms with van der Waals surface area (Å²) in [5, 5.41) is 2.31. The summed E-state index contributed by atoms with van der Waals surface area (Å²) in [4.78, 5) is 28.8. The molecule has 0 atom stereocenters. The van der Waals surface area contributed by atoms with Gasteiger partial charge in [-0.05, 0) is 19.9 Å². The van der Waals surface area contributed by atoms with Crippen LogP contribution in [-0.4, -0.2) is 28.9 Å². The molecule has 6 nitrogen and oxygen atoms in total. The molecule has 6 heteroatoms. The van der Waals surface area contributed by atoms with E-state index in [0.29, 0.717) is 11.4 Å². The Bertz CT molecular complexity index is 484. The number of hydrogen-bond donors (Lipinski definition) is 2. The minimum atomic E-state index is -0.802. The molecule has 3 N–H and O–H groups in total. The number of nitrogen functional groups attached to an aromatic ring is 1. The number of nitrogens with one attached hydrogen (secondary N) is 1. The first-order valence-electron chi connectivity index (χ1n) is 5.24. The molecule has 0 aliphatic carbocycles. The first kappa shape index (κ1) is 11.4. The van der Waals surface area contributed by atoms with Crippen LogP contribution in [0.2, 0.25) is 0 Å². The Hall–Kier alpha value is -2.11. The maximum atomic E-state index is 11.8. The SMILES string of the molecule is CC1(C)C(=O)NC(=O)CN1c1cncc(N)c1. The lowest BCUT2D eigenvalue weighted by Gasteiger charge is -2.41. The lowest BCUT2D eigenvalue weighted by molar-refractivity contribution is -0.135. The number of piperazine rings is 1. The van der Waals surface area contributed by atoms with Crippen LogP contribution in [0.4, 0.5) is 11.4 Å². The van der Waals surface area contributed by atoms with Crippen LogP contribution in [0.3, 0.4) is 0 Å². The molecule has 1 aromatic rings. The second-order valence-corrected chi connectivity index (χ2v) is 4.50. The van der Waals surface area contributed by atoms with Gasteiger partial charge in [-0.25, -0.2) is 0 Å². The first-order chi connectivity index (χ1) is 7.91. The zero-order valence-corrected chi connectivity index (χ0v) is 9.73. The van der Waals surface area contributed by atoms with E-state index in [0.717, 1.165) is 0 Å². The topological polar surface area (TPSA) is 88.3 Å². The fraction of sp³-hybridized carbons (Fsp3) is 0.364. The predicted molar refractivity (Wildman–Crippen MR) is 63.2 cm³/mol. The molecular weight excluding hydrogens is 220 g/mol. The fourth-order valence-electron chi connectivity index (χ4n) is 1.79. The van der Waals surface area contributed by atoms with Crippen molar-refractivity contribution in [3.05, 3.63) is 18.5 Å². The molecule has 0 aromatic carbocycles. The molecular formula is C11H14N4O2. The van der Waals surface area contributed by atoms with Gasteiger partial charge in [-0.3, -0.25) is 19.9 Å². The van der Waals surface area contributed by atoms with Crippen molar-refractivity contribution >= 4 is 23.2 Å². The number of carbonyl (C=O) groups is 2. The van der Waals surface area contributed by atoms with Crippen LogP contribution < -0.4 is 16.0 Å². The van der Waals surface area contributed by atoms with E-state index in [4.69, 9.17) is 5.73 Å². The van der Waals surface area contributed by atoms with E-state index >= 15 is 0 Å². The lowest BCUT2D eigenvalue weighted by atomic mass is 9.98. The number of imide groups is 1. The van der Waals surface area contributed by atoms with Gasteiger partial charge >= 0.3 is 0 Å². The van der Waals surface area contributed by atoms with Crippen molar-refractivity contribution in [3.63, 3.8) is 0 Å². The first-order valence-corrected chi connectivity index (χ1v) is 5.24. The second-order valence-electron chi connectivity index (χ2n) is 4.50. The van der Waals surface area contributed by atoms with Gasteiger partial charge in [0.1, 0.15) is 5.54 Å². The van der Waals surface area contributed by atoms with Crippen molar-refractivity contribution in [2.45, 2.75) is 19.4 Å². The zero-order valence-electron chi connectivity index (χ0n) is 9.73. The van der Waals surface area contributed by atoms with E-state index in [2.05, 4.69) is 10.3 Å². The summed E-state index contributed by atoms with van der Waals surface area (Å²) in [7, 11) is 0. The number of rotatable bonds is 1. The smallest absolute Gasteiger partial charge is 0.251 e. The van der Waals surface area contributed by atoms with Gasteiger partial charge in [0.05, 0.1) is 24.1 Å². The Balaban J connectivity index is 2.42. The van der Waals surface area contributed by atoms with E-state index in [9.17, 15) is 9.59 Å². The molecule has 2 heterocycles. The van der Waals surface area contributed by atoms with Crippen molar-refractivity contribution < 1.29 is 9.59 Å². The van der Waals surface area contributed by atoms with Crippen LogP contribution in [0.1, 0.15) is 13.8 Å². The average Bonchev–Trinajstić information content (AvgIpc) is 2.24. The molecule has 17 heavy (non-hydrogen) atoms. The van der Waals surface area contributed by atoms with E-state index < -0.39 is 5.54 Å². The molecule has 1 aromatic heterocycles. The monoisotopic (exact) mass is 234 g/mol. The Morgan fingerprint density at radius 2 is 2.12 bits per heavy atom. The Kier molecular flexibility index (Phi) is 2.49. The Morgan fingerprint density at radius 3 is 2.76 bits per heavy atom. The third kappa shape index (κ3) is 1.93. The maximum absolute atomic E-state index is 11.8. The number of nitrogens with two attached hydrogens (primary N) is 1. The van der Waals surface area contributed by atoms with Crippen LogP contribution in [0.15, 0.2) is 18.5 Å². The van der Waals surface area contributed by atoms with Gasteiger partial charge in [-0.15, -0.1) is 0 Å². The highest BCUT2D eigenvalue weighted by molar-refractivity contribution is 6.06. The molecule has 1 fully saturated rings. The predicted octanol–water partition coefficient (Wildman–Crippen LogP) is -0.0948. The van der Waals surface area contributed by atoms with E-state index in [1.165, 1.54) is 6.20 Å². The molecule has 2 rings (SSSR count). The van der Waals surface area contributed by atoms with Gasteiger partial charge in [0.2, 0.25) is 5.91 Å². The standard InChI is InChI=1S/C11H14N4O2/c1-11(2)10(17)14-9(16)6-15(11)8-3-7(12)4-13-5-8/h3-5H,6,12H2,1-2H3,(H,14,16,17). The number of anilines is 2. The van der Waals surface area contributed by atoms with Crippen molar-refractivity contribution in [3.8, 4) is 0 Å². The summed E-state index contributed by atoms with van der Waals surface area (Å²) < 4.78 is 0. The summed E-state index contributed by atoms with van der Waals surface area (Å²) in [6.07, 6.45) is 3.10. The van der Waals surface area contributed by atoms with Gasteiger partial charge in [-0.1, -0.05) is 0 Å². The maximum Gasteiger partial charge on any atom is 0.251 e. The summed E-state index contributed by atoms with van der Waals surface area (Å²) in [5.74, 6) is -0.645. The van der Waals surface area contributed by atoms with Crippen molar-refractivity contribution in [2.24, 2.45) is 0 Å². The molecule has 0 spiro atoms. The van der Waals surface area contributed by atoms with Crippen LogP contribution in [0.5, 0.6) is 0 Å². The molecule has 0 bridgehead atoms. The number of amides is 2. The fourth-order valence-corrected chi connectivity index (χ4v) is 1.79. The third-order valence-corrected chi connectivity index (χ3v) is 2.84. The van der Waals surface area contributed by atoms with Crippen molar-refractivity contribution in [1.29, 1.82) is 0 Å². The van der Waals surface area contributed by atoms with Gasteiger partial charge in [-0.2, -0.15) is 0 Å². The minimum Gasteiger partial charge on any atom is -0.397 e. The molecule has 0 radical (unpaired) electrons. The van der Waals surface area contributed by atoms with E-state index in [1.807, 2.05) is 0 Å². The van der Waals surface area contributed by atoms with Gasteiger partial charge in [0, 0.05) is 6.20 Å². The number of pyridine rings is 1. The number of nitrogens with zero attached hydrogens (tertiary/aromatic N) is 2. The summed E-state index contributed by atoms with van der Waals surface area (Å²) in [6, 6.07) is 1.70. The molecule has 2 amide bonds. The molecule has 1 saturated heterocycles. The van der Waals surface area contributed by atoms with Crippen LogP contribution in [0.25, 0.3) is 0 Å². The summed E-state index contributed by atoms with van der Waals surface area (Å²) >= 11 is 0. The van der Waals surface area contributed by atoms with E-state index in [1.54, 1.807) is 31.0 Å². The number of carbonyl (C=O) groups excluding carboxylic acids is 2. The minimum absolute atomic E-state index is 0.115. The van der Waals surface area contributed by atoms with Crippen LogP contribution in [0, 0.1) is 0 Å². The Labute approximate surface area is 98.8 Å². The van der Waals surface area contributed by atoms with E-state index in [-0.39, 0.29) is 18.4 Å². The molecule has 0 unspecified atom stereocenters. The van der Waals surface area contributed by atoms with Gasteiger partial charge in [0.15, 0.2) is 0 Å². The summed E-state index contributed by atoms with van der Waals surface area (Å²) in [5.41, 5.74) is 6.01. The zero-order chi connectivity index (χ0) is 12.6. The lowest BCUT2D eigenvalue weighted by Crippen LogP contribution is -2.64. The largest absolute Gasteiger partial charge is 0.397 e. The highest BCUT2D eigenvalue weighted by atomic mass is 16.2. The van der Waals surface area contributed by atoms with Crippen molar-refractivity contribution in [2.75, 3.05) is 17.2 Å². The number of hydrogen-bond acceptors (Lipinski definition) is 5. The van der Waals surface area contributed by atoms with Crippen LogP contribution >= 0.6 is 0 Å². The highest BCUT2D eigenvalue weighted by Crippen LogP contribution is 2.26. The Morgan fingerprint density at radius 1 is 1.41 bits per heavy atom. The second kappa shape index (κ2) is 3.73. The third-order valence-electron chi connectivity index (χ3n) is 2.84. The normalized spacial score (nSPS) is 19.1. The quantitative estimate of drug-likeness (QED) is 0.663. The summed E-state index contributed by atoms with van der Waals surface area (Å²) in [6.45, 7) is 3.61.